The Morgan fingerprint density at radius 1 is 1.09 bits per heavy atom. The van der Waals surface area contributed by atoms with Crippen molar-refractivity contribution in [3.8, 4) is 0 Å². The molecule has 0 aliphatic rings. The Hall–Kier alpha value is -3.10. The highest BCUT2D eigenvalue weighted by Gasteiger charge is 2.34. The highest BCUT2D eigenvalue weighted by atomic mass is 35.5. The minimum atomic E-state index is -1.30. The highest BCUT2D eigenvalue weighted by molar-refractivity contribution is 6.34. The number of para-hydroxylation sites is 1. The van der Waals surface area contributed by atoms with E-state index < -0.39 is 42.2 Å². The van der Waals surface area contributed by atoms with Crippen LogP contribution in [0.15, 0.2) is 48.5 Å². The second-order valence-corrected chi connectivity index (χ2v) is 8.97. The second kappa shape index (κ2) is 11.2. The van der Waals surface area contributed by atoms with Gasteiger partial charge in [0.2, 0.25) is 5.91 Å². The van der Waals surface area contributed by atoms with Crippen molar-refractivity contribution in [1.82, 2.24) is 10.2 Å². The highest BCUT2D eigenvalue weighted by Crippen LogP contribution is 2.28. The van der Waals surface area contributed by atoms with Crippen molar-refractivity contribution < 1.29 is 24.2 Å². The van der Waals surface area contributed by atoms with Gasteiger partial charge in [-0.25, -0.2) is 4.79 Å². The predicted molar refractivity (Wildman–Crippen MR) is 127 cm³/mol. The van der Waals surface area contributed by atoms with Gasteiger partial charge in [-0.05, 0) is 44.9 Å². The van der Waals surface area contributed by atoms with E-state index in [1.165, 1.54) is 11.9 Å². The van der Waals surface area contributed by atoms with Gasteiger partial charge >= 0.3 is 6.09 Å². The number of alkyl carbamates (subject to hydrolysis) is 1. The maximum absolute atomic E-state index is 13.3. The maximum Gasteiger partial charge on any atom is 0.408 e. The molecule has 0 bridgehead atoms. The maximum atomic E-state index is 13.3. The molecule has 3 N–H and O–H groups in total. The number of amides is 3. The first-order valence-corrected chi connectivity index (χ1v) is 10.8. The number of aliphatic hydroxyl groups excluding tert-OH is 1. The third-order valence-corrected chi connectivity index (χ3v) is 5.06. The summed E-state index contributed by atoms with van der Waals surface area (Å²) in [6.07, 6.45) is -0.851. The van der Waals surface area contributed by atoms with Crippen molar-refractivity contribution in [3.63, 3.8) is 0 Å². The van der Waals surface area contributed by atoms with Gasteiger partial charge in [-0.15, -0.1) is 0 Å². The van der Waals surface area contributed by atoms with Gasteiger partial charge in [0.25, 0.3) is 5.91 Å². The summed E-state index contributed by atoms with van der Waals surface area (Å²) in [4.78, 5) is 39.8. The summed E-state index contributed by atoms with van der Waals surface area (Å²) in [6.45, 7) is 6.18. The number of hydrogen-bond donors (Lipinski definition) is 3. The zero-order valence-electron chi connectivity index (χ0n) is 19.4. The number of nitrogens with zero attached hydrogens (tertiary/aromatic N) is 1. The number of halogens is 1. The quantitative estimate of drug-likeness (QED) is 0.566. The van der Waals surface area contributed by atoms with E-state index in [-0.39, 0.29) is 0 Å². The molecule has 0 spiro atoms. The lowest BCUT2D eigenvalue weighted by atomic mass is 10.0. The topological polar surface area (TPSA) is 108 Å². The number of carbonyl (C=O) groups is 3. The van der Waals surface area contributed by atoms with E-state index in [9.17, 15) is 19.5 Å². The number of nitrogens with one attached hydrogen (secondary N) is 2. The summed E-state index contributed by atoms with van der Waals surface area (Å²) in [5.41, 5.74) is 0.968. The van der Waals surface area contributed by atoms with Crippen LogP contribution in [0.5, 0.6) is 0 Å². The van der Waals surface area contributed by atoms with Crippen molar-refractivity contribution in [2.75, 3.05) is 19.0 Å². The Morgan fingerprint density at radius 2 is 1.73 bits per heavy atom. The zero-order valence-corrected chi connectivity index (χ0v) is 20.1. The lowest BCUT2D eigenvalue weighted by Crippen LogP contribution is -2.52. The van der Waals surface area contributed by atoms with Gasteiger partial charge < -0.3 is 25.4 Å². The molecular formula is C24H30ClN3O5. The Kier molecular flexibility index (Phi) is 8.84. The summed E-state index contributed by atoms with van der Waals surface area (Å²) >= 11 is 6.26. The summed E-state index contributed by atoms with van der Waals surface area (Å²) in [5.74, 6) is -1.16. The lowest BCUT2D eigenvalue weighted by Gasteiger charge is -2.31. The molecule has 0 saturated heterocycles. The molecule has 33 heavy (non-hydrogen) atoms. The Balaban J connectivity index is 2.32. The fourth-order valence-corrected chi connectivity index (χ4v) is 3.45. The van der Waals surface area contributed by atoms with Crippen LogP contribution in [0.1, 0.15) is 37.9 Å². The molecule has 2 unspecified atom stereocenters. The van der Waals surface area contributed by atoms with Gasteiger partial charge in [-0.1, -0.05) is 54.1 Å². The fourth-order valence-electron chi connectivity index (χ4n) is 3.18. The molecule has 2 rings (SSSR count). The molecule has 2 atom stereocenters. The summed E-state index contributed by atoms with van der Waals surface area (Å²) in [5, 5.41) is 15.3. The molecule has 0 fully saturated rings. The summed E-state index contributed by atoms with van der Waals surface area (Å²) < 4.78 is 5.17. The van der Waals surface area contributed by atoms with Crippen LogP contribution < -0.4 is 10.6 Å². The third-order valence-electron chi connectivity index (χ3n) is 4.74. The van der Waals surface area contributed by atoms with Crippen LogP contribution in [0.2, 0.25) is 5.02 Å². The van der Waals surface area contributed by atoms with Gasteiger partial charge in [0, 0.05) is 7.05 Å². The van der Waals surface area contributed by atoms with Crippen LogP contribution in [0.3, 0.4) is 0 Å². The molecule has 0 saturated carbocycles. The van der Waals surface area contributed by atoms with Gasteiger partial charge in [0.05, 0.1) is 17.3 Å². The molecule has 0 aliphatic heterocycles. The van der Waals surface area contributed by atoms with E-state index in [2.05, 4.69) is 10.6 Å². The zero-order chi connectivity index (χ0) is 24.8. The van der Waals surface area contributed by atoms with Crippen LogP contribution in [0.25, 0.3) is 0 Å². The molecule has 178 valence electrons. The number of aryl methyl sites for hydroxylation is 1. The smallest absolute Gasteiger partial charge is 0.408 e. The van der Waals surface area contributed by atoms with Gasteiger partial charge in [-0.2, -0.15) is 0 Å². The van der Waals surface area contributed by atoms with Crippen LogP contribution in [-0.4, -0.2) is 53.2 Å². The average molecular weight is 476 g/mol. The third kappa shape index (κ3) is 7.20. The molecule has 3 amide bonds. The number of aliphatic hydroxyl groups is 1. The van der Waals surface area contributed by atoms with Crippen LogP contribution in [0.4, 0.5) is 10.5 Å². The summed E-state index contributed by atoms with van der Waals surface area (Å²) in [6, 6.07) is 11.6. The van der Waals surface area contributed by atoms with Crippen LogP contribution in [0, 0.1) is 6.92 Å². The van der Waals surface area contributed by atoms with Gasteiger partial charge in [0.15, 0.2) is 0 Å². The first-order chi connectivity index (χ1) is 15.4. The monoisotopic (exact) mass is 475 g/mol. The number of likely N-dealkylation sites (N-methyl/N-ethyl adjacent to an activating group) is 1. The second-order valence-electron chi connectivity index (χ2n) is 8.56. The van der Waals surface area contributed by atoms with Gasteiger partial charge in [0.1, 0.15) is 17.7 Å². The predicted octanol–water partition coefficient (Wildman–Crippen LogP) is 3.67. The van der Waals surface area contributed by atoms with Crippen molar-refractivity contribution in [2.45, 2.75) is 45.4 Å². The number of anilines is 1. The van der Waals surface area contributed by atoms with Crippen molar-refractivity contribution in [3.05, 3.63) is 64.7 Å². The van der Waals surface area contributed by atoms with E-state index in [1.807, 2.05) is 0 Å². The normalized spacial score (nSPS) is 12.9. The minimum absolute atomic E-state index is 0.365. The van der Waals surface area contributed by atoms with E-state index in [0.717, 1.165) is 5.56 Å². The fraction of sp³-hybridized carbons (Fsp3) is 0.375. The number of hydrogen-bond acceptors (Lipinski definition) is 5. The number of ether oxygens (including phenoxy) is 1. The van der Waals surface area contributed by atoms with E-state index in [1.54, 1.807) is 76.2 Å². The molecule has 9 heteroatoms. The Bertz CT molecular complexity index is 971. The molecular weight excluding hydrogens is 446 g/mol. The molecule has 8 nitrogen and oxygen atoms in total. The van der Waals surface area contributed by atoms with Gasteiger partial charge in [-0.3, -0.25) is 9.59 Å². The van der Waals surface area contributed by atoms with E-state index >= 15 is 0 Å². The van der Waals surface area contributed by atoms with Crippen molar-refractivity contribution >= 4 is 35.2 Å². The molecule has 0 aromatic heterocycles. The first-order valence-electron chi connectivity index (χ1n) is 10.4. The van der Waals surface area contributed by atoms with E-state index in [4.69, 9.17) is 16.3 Å². The molecule has 2 aromatic rings. The molecule has 0 radical (unpaired) electrons. The summed E-state index contributed by atoms with van der Waals surface area (Å²) in [7, 11) is 1.43. The Morgan fingerprint density at radius 3 is 2.27 bits per heavy atom. The lowest BCUT2D eigenvalue weighted by molar-refractivity contribution is -0.139. The Labute approximate surface area is 198 Å². The standard InChI is InChI=1S/C24H30ClN3O5/c1-15-10-9-13-17(25)19(15)27-21(30)20(16-11-7-6-8-12-16)28(5)22(31)18(14-29)26-23(32)33-24(2,3)4/h6-13,18,20,29H,14H2,1-5H3,(H,26,32)(H,27,30). The van der Waals surface area contributed by atoms with Crippen LogP contribution >= 0.6 is 11.6 Å². The van der Waals surface area contributed by atoms with Crippen molar-refractivity contribution in [2.24, 2.45) is 0 Å². The molecule has 0 aliphatic carbocycles. The van der Waals surface area contributed by atoms with Crippen LogP contribution in [-0.2, 0) is 14.3 Å². The number of benzene rings is 2. The number of rotatable bonds is 7. The largest absolute Gasteiger partial charge is 0.444 e. The molecule has 0 heterocycles. The number of carbonyl (C=O) groups excluding carboxylic acids is 3. The minimum Gasteiger partial charge on any atom is -0.444 e. The molecule has 2 aromatic carbocycles. The SMILES string of the molecule is Cc1cccc(Cl)c1NC(=O)C(c1ccccc1)N(C)C(=O)C(CO)NC(=O)OC(C)(C)C. The van der Waals surface area contributed by atoms with E-state index in [0.29, 0.717) is 16.3 Å². The van der Waals surface area contributed by atoms with Crippen molar-refractivity contribution in [1.29, 1.82) is 0 Å². The first kappa shape index (κ1) is 26.2. The average Bonchev–Trinajstić information content (AvgIpc) is 2.74.